The molecule has 1 atom stereocenters. The summed E-state index contributed by atoms with van der Waals surface area (Å²) in [6.45, 7) is 5.05. The van der Waals surface area contributed by atoms with Gasteiger partial charge in [-0.2, -0.15) is 0 Å². The van der Waals surface area contributed by atoms with Gasteiger partial charge < -0.3 is 4.74 Å². The second kappa shape index (κ2) is 6.27. The normalized spacial score (nSPS) is 18.2. The predicted molar refractivity (Wildman–Crippen MR) is 71.9 cm³/mol. The van der Waals surface area contributed by atoms with E-state index < -0.39 is 0 Å². The van der Waals surface area contributed by atoms with Crippen LogP contribution in [0, 0.1) is 0 Å². The minimum atomic E-state index is 0.356. The van der Waals surface area contributed by atoms with Crippen LogP contribution in [0.2, 0.25) is 0 Å². The summed E-state index contributed by atoms with van der Waals surface area (Å²) in [6.07, 6.45) is 2.59. The lowest BCUT2D eigenvalue weighted by Gasteiger charge is -2.26. The highest BCUT2D eigenvalue weighted by Gasteiger charge is 2.22. The van der Waals surface area contributed by atoms with Crippen molar-refractivity contribution in [3.63, 3.8) is 0 Å². The number of rotatable bonds is 5. The summed E-state index contributed by atoms with van der Waals surface area (Å²) in [5, 5.41) is 0. The molecule has 1 aromatic carbocycles. The molecule has 1 heterocycles. The molecule has 1 aromatic rings. The zero-order valence-electron chi connectivity index (χ0n) is 10.4. The van der Waals surface area contributed by atoms with Gasteiger partial charge in [0.1, 0.15) is 5.75 Å². The van der Waals surface area contributed by atoms with Crippen LogP contribution >= 0.6 is 11.6 Å². The second-order valence-corrected chi connectivity index (χ2v) is 4.72. The van der Waals surface area contributed by atoms with Crippen LogP contribution in [0.25, 0.3) is 0 Å². The van der Waals surface area contributed by atoms with Gasteiger partial charge in [-0.1, -0.05) is 12.1 Å². The summed E-state index contributed by atoms with van der Waals surface area (Å²) in [5.41, 5.74) is 1.30. The molecule has 2 rings (SSSR count). The number of alkyl halides is 1. The highest BCUT2D eigenvalue weighted by molar-refractivity contribution is 6.18. The lowest BCUT2D eigenvalue weighted by Crippen LogP contribution is -2.26. The fourth-order valence-corrected chi connectivity index (χ4v) is 2.78. The van der Waals surface area contributed by atoms with Gasteiger partial charge in [-0.05, 0) is 50.6 Å². The molecule has 2 nitrogen and oxygen atoms in total. The summed E-state index contributed by atoms with van der Waals surface area (Å²) in [7, 11) is 0. The maximum atomic E-state index is 6.11. The van der Waals surface area contributed by atoms with Crippen molar-refractivity contribution in [3.05, 3.63) is 29.8 Å². The number of benzene rings is 1. The van der Waals surface area contributed by atoms with Crippen molar-refractivity contribution in [1.82, 2.24) is 4.90 Å². The molecule has 0 aromatic heterocycles. The monoisotopic (exact) mass is 253 g/mol. The third kappa shape index (κ3) is 3.14. The summed E-state index contributed by atoms with van der Waals surface area (Å²) in [6, 6.07) is 8.70. The zero-order chi connectivity index (χ0) is 12.1. The van der Waals surface area contributed by atoms with E-state index in [2.05, 4.69) is 17.0 Å². The Kier molecular flexibility index (Phi) is 4.69. The third-order valence-electron chi connectivity index (χ3n) is 3.30. The van der Waals surface area contributed by atoms with Crippen molar-refractivity contribution in [2.75, 3.05) is 25.6 Å². The summed E-state index contributed by atoms with van der Waals surface area (Å²) in [4.78, 5) is 2.47. The van der Waals surface area contributed by atoms with Crippen LogP contribution in [0.3, 0.4) is 0 Å². The maximum absolute atomic E-state index is 6.11. The van der Waals surface area contributed by atoms with E-state index in [4.69, 9.17) is 16.3 Å². The van der Waals surface area contributed by atoms with Gasteiger partial charge in [-0.3, -0.25) is 4.90 Å². The Morgan fingerprint density at radius 3 is 2.41 bits per heavy atom. The van der Waals surface area contributed by atoms with E-state index in [1.807, 2.05) is 19.1 Å². The zero-order valence-corrected chi connectivity index (χ0v) is 11.1. The number of hydrogen-bond donors (Lipinski definition) is 0. The Bertz CT molecular complexity index is 333. The van der Waals surface area contributed by atoms with Crippen LogP contribution in [0.1, 0.15) is 31.4 Å². The standard InChI is InChI=1S/C14H20ClNO/c1-2-17-13-7-5-12(6-8-13)14(11-15)16-9-3-4-10-16/h5-8,14H,2-4,9-11H2,1H3. The topological polar surface area (TPSA) is 12.5 Å². The molecule has 0 N–H and O–H groups in total. The van der Waals surface area contributed by atoms with Gasteiger partial charge in [0, 0.05) is 11.9 Å². The molecule has 0 bridgehead atoms. The van der Waals surface area contributed by atoms with Crippen LogP contribution in [0.15, 0.2) is 24.3 Å². The number of ether oxygens (including phenoxy) is 1. The van der Waals surface area contributed by atoms with Gasteiger partial charge in [0.2, 0.25) is 0 Å². The highest BCUT2D eigenvalue weighted by atomic mass is 35.5. The molecular weight excluding hydrogens is 234 g/mol. The fourth-order valence-electron chi connectivity index (χ4n) is 2.40. The number of halogens is 1. The first kappa shape index (κ1) is 12.7. The summed E-state index contributed by atoms with van der Waals surface area (Å²) < 4.78 is 5.45. The molecule has 3 heteroatoms. The Labute approximate surface area is 109 Å². The van der Waals surface area contributed by atoms with Crippen molar-refractivity contribution in [1.29, 1.82) is 0 Å². The summed E-state index contributed by atoms with van der Waals surface area (Å²) >= 11 is 6.11. The molecule has 1 aliphatic rings. The van der Waals surface area contributed by atoms with Gasteiger partial charge in [-0.15, -0.1) is 11.6 Å². The van der Waals surface area contributed by atoms with Crippen molar-refractivity contribution >= 4 is 11.6 Å². The quantitative estimate of drug-likeness (QED) is 0.746. The van der Waals surface area contributed by atoms with E-state index in [-0.39, 0.29) is 0 Å². The molecule has 1 aliphatic heterocycles. The van der Waals surface area contributed by atoms with Crippen LogP contribution in [-0.2, 0) is 0 Å². The second-order valence-electron chi connectivity index (χ2n) is 4.42. The Morgan fingerprint density at radius 1 is 1.24 bits per heavy atom. The Morgan fingerprint density at radius 2 is 1.88 bits per heavy atom. The van der Waals surface area contributed by atoms with Crippen LogP contribution < -0.4 is 4.74 Å². The van der Waals surface area contributed by atoms with Gasteiger partial charge in [0.05, 0.1) is 6.61 Å². The van der Waals surface area contributed by atoms with Gasteiger partial charge in [-0.25, -0.2) is 0 Å². The lowest BCUT2D eigenvalue weighted by atomic mass is 10.1. The van der Waals surface area contributed by atoms with Crippen molar-refractivity contribution in [3.8, 4) is 5.75 Å². The molecule has 94 valence electrons. The van der Waals surface area contributed by atoms with Crippen LogP contribution in [0.4, 0.5) is 0 Å². The van der Waals surface area contributed by atoms with E-state index in [0.717, 1.165) is 5.75 Å². The molecule has 0 aliphatic carbocycles. The smallest absolute Gasteiger partial charge is 0.119 e. The predicted octanol–water partition coefficient (Wildman–Crippen LogP) is 3.46. The SMILES string of the molecule is CCOc1ccc(C(CCl)N2CCCC2)cc1. The van der Waals surface area contributed by atoms with E-state index in [1.54, 1.807) is 0 Å². The van der Waals surface area contributed by atoms with Gasteiger partial charge in [0.15, 0.2) is 0 Å². The van der Waals surface area contributed by atoms with Crippen molar-refractivity contribution in [2.45, 2.75) is 25.8 Å². The van der Waals surface area contributed by atoms with Crippen LogP contribution in [-0.4, -0.2) is 30.5 Å². The molecular formula is C14H20ClNO. The largest absolute Gasteiger partial charge is 0.494 e. The van der Waals surface area contributed by atoms with Gasteiger partial charge in [0.25, 0.3) is 0 Å². The van der Waals surface area contributed by atoms with Gasteiger partial charge >= 0.3 is 0 Å². The molecule has 0 saturated carbocycles. The minimum absolute atomic E-state index is 0.356. The molecule has 0 amide bonds. The molecule has 1 unspecified atom stereocenters. The average Bonchev–Trinajstić information content (AvgIpc) is 2.86. The van der Waals surface area contributed by atoms with E-state index in [1.165, 1.54) is 31.5 Å². The highest BCUT2D eigenvalue weighted by Crippen LogP contribution is 2.27. The first-order valence-corrected chi connectivity index (χ1v) is 6.91. The minimum Gasteiger partial charge on any atom is -0.494 e. The number of likely N-dealkylation sites (tertiary alicyclic amines) is 1. The molecule has 1 saturated heterocycles. The van der Waals surface area contributed by atoms with E-state index in [0.29, 0.717) is 18.5 Å². The third-order valence-corrected chi connectivity index (χ3v) is 3.60. The Hall–Kier alpha value is -0.730. The fraction of sp³-hybridized carbons (Fsp3) is 0.571. The number of hydrogen-bond acceptors (Lipinski definition) is 2. The van der Waals surface area contributed by atoms with E-state index in [9.17, 15) is 0 Å². The first-order valence-electron chi connectivity index (χ1n) is 6.38. The molecule has 0 spiro atoms. The Balaban J connectivity index is 2.07. The van der Waals surface area contributed by atoms with Crippen LogP contribution in [0.5, 0.6) is 5.75 Å². The molecule has 17 heavy (non-hydrogen) atoms. The molecule has 0 radical (unpaired) electrons. The lowest BCUT2D eigenvalue weighted by molar-refractivity contribution is 0.266. The van der Waals surface area contributed by atoms with Crippen molar-refractivity contribution < 1.29 is 4.74 Å². The number of nitrogens with zero attached hydrogens (tertiary/aromatic N) is 1. The van der Waals surface area contributed by atoms with E-state index >= 15 is 0 Å². The first-order chi connectivity index (χ1) is 8.35. The average molecular weight is 254 g/mol. The van der Waals surface area contributed by atoms with Crippen molar-refractivity contribution in [2.24, 2.45) is 0 Å². The summed E-state index contributed by atoms with van der Waals surface area (Å²) in [5.74, 6) is 1.60. The maximum Gasteiger partial charge on any atom is 0.119 e. The molecule has 1 fully saturated rings.